The number of benzene rings is 1. The smallest absolute Gasteiger partial charge is 0.246 e. The minimum Gasteiger partial charge on any atom is -0.493 e. The molecule has 1 amide bonds. The number of hydrogen-bond acceptors (Lipinski definition) is 4. The molecule has 0 aliphatic heterocycles. The summed E-state index contributed by atoms with van der Waals surface area (Å²) < 4.78 is 15.3. The fraction of sp³-hybridized carbons (Fsp3) is 0.357. The number of hydrogen-bond donors (Lipinski definition) is 1. The predicted octanol–water partition coefficient (Wildman–Crippen LogP) is 0.840. The number of carbonyl (C=O) groups is 1. The zero-order valence-corrected chi connectivity index (χ0v) is 11.1. The number of amides is 1. The van der Waals surface area contributed by atoms with Gasteiger partial charge >= 0.3 is 0 Å². The second kappa shape index (κ2) is 8.84. The number of para-hydroxylation sites is 2. The molecule has 0 bridgehead atoms. The number of methoxy groups -OCH3 is 2. The van der Waals surface area contributed by atoms with Gasteiger partial charge in [-0.1, -0.05) is 24.0 Å². The zero-order valence-electron chi connectivity index (χ0n) is 11.1. The van der Waals surface area contributed by atoms with Gasteiger partial charge in [0.2, 0.25) is 5.91 Å². The summed E-state index contributed by atoms with van der Waals surface area (Å²) in [6.07, 6.45) is 0. The molecule has 0 aliphatic carbocycles. The van der Waals surface area contributed by atoms with Crippen molar-refractivity contribution in [3.63, 3.8) is 0 Å². The van der Waals surface area contributed by atoms with Crippen molar-refractivity contribution in [2.45, 2.75) is 0 Å². The molecule has 0 fully saturated rings. The van der Waals surface area contributed by atoms with E-state index < -0.39 is 0 Å². The van der Waals surface area contributed by atoms with Crippen molar-refractivity contribution in [1.29, 1.82) is 0 Å². The van der Waals surface area contributed by atoms with Gasteiger partial charge in [0.25, 0.3) is 0 Å². The van der Waals surface area contributed by atoms with Gasteiger partial charge in [-0.15, -0.1) is 0 Å². The Morgan fingerprint density at radius 3 is 2.63 bits per heavy atom. The monoisotopic (exact) mass is 263 g/mol. The van der Waals surface area contributed by atoms with Crippen LogP contribution in [0, 0.1) is 11.8 Å². The lowest BCUT2D eigenvalue weighted by molar-refractivity contribution is -0.124. The van der Waals surface area contributed by atoms with Crippen molar-refractivity contribution in [2.75, 3.05) is 34.0 Å². The minimum atomic E-state index is -0.192. The first-order chi connectivity index (χ1) is 9.27. The first-order valence-corrected chi connectivity index (χ1v) is 5.75. The van der Waals surface area contributed by atoms with E-state index in [2.05, 4.69) is 21.9 Å². The second-order valence-corrected chi connectivity index (χ2v) is 3.50. The topological polar surface area (TPSA) is 56.8 Å². The van der Waals surface area contributed by atoms with Crippen molar-refractivity contribution in [3.8, 4) is 23.3 Å². The van der Waals surface area contributed by atoms with E-state index in [1.54, 1.807) is 13.2 Å². The SMILES string of the molecule is COCC(=O)NCC#CCOc1ccccc1OC. The van der Waals surface area contributed by atoms with Gasteiger partial charge in [0.15, 0.2) is 11.5 Å². The molecule has 19 heavy (non-hydrogen) atoms. The van der Waals surface area contributed by atoms with Crippen LogP contribution in [-0.4, -0.2) is 39.9 Å². The average Bonchev–Trinajstić information content (AvgIpc) is 2.43. The van der Waals surface area contributed by atoms with Crippen LogP contribution in [0.1, 0.15) is 0 Å². The van der Waals surface area contributed by atoms with E-state index in [1.807, 2.05) is 18.2 Å². The van der Waals surface area contributed by atoms with E-state index in [-0.39, 0.29) is 25.7 Å². The van der Waals surface area contributed by atoms with Crippen LogP contribution in [0.4, 0.5) is 0 Å². The Balaban J connectivity index is 2.29. The summed E-state index contributed by atoms with van der Waals surface area (Å²) in [6.45, 7) is 0.553. The van der Waals surface area contributed by atoms with Gasteiger partial charge in [0.1, 0.15) is 13.2 Å². The molecule has 0 radical (unpaired) electrons. The summed E-state index contributed by atoms with van der Waals surface area (Å²) >= 11 is 0. The lowest BCUT2D eigenvalue weighted by atomic mass is 10.3. The van der Waals surface area contributed by atoms with Crippen LogP contribution in [0.25, 0.3) is 0 Å². The summed E-state index contributed by atoms with van der Waals surface area (Å²) in [6, 6.07) is 7.34. The molecule has 1 aromatic rings. The maximum absolute atomic E-state index is 11.0. The zero-order chi connectivity index (χ0) is 13.9. The van der Waals surface area contributed by atoms with Crippen LogP contribution in [0.3, 0.4) is 0 Å². The fourth-order valence-corrected chi connectivity index (χ4v) is 1.29. The van der Waals surface area contributed by atoms with Crippen molar-refractivity contribution in [2.24, 2.45) is 0 Å². The van der Waals surface area contributed by atoms with Crippen LogP contribution in [0.2, 0.25) is 0 Å². The molecular weight excluding hydrogens is 246 g/mol. The largest absolute Gasteiger partial charge is 0.493 e. The molecule has 0 unspecified atom stereocenters. The molecule has 0 aliphatic rings. The molecule has 0 atom stereocenters. The van der Waals surface area contributed by atoms with E-state index in [4.69, 9.17) is 9.47 Å². The maximum Gasteiger partial charge on any atom is 0.246 e. The molecule has 0 saturated carbocycles. The van der Waals surface area contributed by atoms with Gasteiger partial charge in [0, 0.05) is 7.11 Å². The lowest BCUT2D eigenvalue weighted by Crippen LogP contribution is -2.27. The van der Waals surface area contributed by atoms with E-state index in [0.29, 0.717) is 11.5 Å². The molecule has 5 heteroatoms. The standard InChI is InChI=1S/C14H17NO4/c1-17-11-14(16)15-9-5-6-10-19-13-8-4-3-7-12(13)18-2/h3-4,7-8H,9-11H2,1-2H3,(H,15,16). The van der Waals surface area contributed by atoms with Gasteiger partial charge in [-0.2, -0.15) is 0 Å². The summed E-state index contributed by atoms with van der Waals surface area (Å²) in [4.78, 5) is 11.0. The molecule has 0 aromatic heterocycles. The highest BCUT2D eigenvalue weighted by Crippen LogP contribution is 2.25. The van der Waals surface area contributed by atoms with E-state index in [0.717, 1.165) is 0 Å². The third-order valence-corrected chi connectivity index (χ3v) is 2.14. The average molecular weight is 263 g/mol. The highest BCUT2D eigenvalue weighted by atomic mass is 16.5. The van der Waals surface area contributed by atoms with Crippen molar-refractivity contribution >= 4 is 5.91 Å². The quantitative estimate of drug-likeness (QED) is 0.773. The summed E-state index contributed by atoms with van der Waals surface area (Å²) in [5.74, 6) is 6.69. The maximum atomic E-state index is 11.0. The Kier molecular flexibility index (Phi) is 6.92. The van der Waals surface area contributed by atoms with Crippen molar-refractivity contribution < 1.29 is 19.0 Å². The molecule has 1 rings (SSSR count). The summed E-state index contributed by atoms with van der Waals surface area (Å²) in [5.41, 5.74) is 0. The summed E-state index contributed by atoms with van der Waals surface area (Å²) in [7, 11) is 3.05. The molecular formula is C14H17NO4. The van der Waals surface area contributed by atoms with E-state index >= 15 is 0 Å². The summed E-state index contributed by atoms with van der Waals surface area (Å²) in [5, 5.41) is 2.59. The predicted molar refractivity (Wildman–Crippen MR) is 71.2 cm³/mol. The first-order valence-electron chi connectivity index (χ1n) is 5.75. The Labute approximate surface area is 112 Å². The Hall–Kier alpha value is -2.19. The number of nitrogens with one attached hydrogen (secondary N) is 1. The third-order valence-electron chi connectivity index (χ3n) is 2.14. The van der Waals surface area contributed by atoms with Crippen molar-refractivity contribution in [3.05, 3.63) is 24.3 Å². The van der Waals surface area contributed by atoms with Gasteiger partial charge in [-0.25, -0.2) is 0 Å². The molecule has 102 valence electrons. The fourth-order valence-electron chi connectivity index (χ4n) is 1.29. The van der Waals surface area contributed by atoms with Gasteiger partial charge in [-0.05, 0) is 12.1 Å². The van der Waals surface area contributed by atoms with Crippen molar-refractivity contribution in [1.82, 2.24) is 5.32 Å². The Morgan fingerprint density at radius 2 is 1.95 bits per heavy atom. The molecule has 0 spiro atoms. The molecule has 0 saturated heterocycles. The van der Waals surface area contributed by atoms with Gasteiger partial charge < -0.3 is 19.5 Å². The first kappa shape index (κ1) is 14.9. The number of rotatable bonds is 6. The van der Waals surface area contributed by atoms with E-state index in [9.17, 15) is 4.79 Å². The Morgan fingerprint density at radius 1 is 1.21 bits per heavy atom. The molecule has 1 N–H and O–H groups in total. The number of ether oxygens (including phenoxy) is 3. The highest BCUT2D eigenvalue weighted by Gasteiger charge is 2.00. The van der Waals surface area contributed by atoms with Gasteiger partial charge in [-0.3, -0.25) is 4.79 Å². The van der Waals surface area contributed by atoms with Crippen LogP contribution in [-0.2, 0) is 9.53 Å². The molecule has 5 nitrogen and oxygen atoms in total. The van der Waals surface area contributed by atoms with E-state index in [1.165, 1.54) is 7.11 Å². The van der Waals surface area contributed by atoms with Crippen LogP contribution in [0.5, 0.6) is 11.5 Å². The highest BCUT2D eigenvalue weighted by molar-refractivity contribution is 5.77. The minimum absolute atomic E-state index is 0.0411. The molecule has 0 heterocycles. The van der Waals surface area contributed by atoms with Crippen LogP contribution < -0.4 is 14.8 Å². The third kappa shape index (κ3) is 5.80. The van der Waals surface area contributed by atoms with Crippen LogP contribution >= 0.6 is 0 Å². The number of carbonyl (C=O) groups excluding carboxylic acids is 1. The van der Waals surface area contributed by atoms with Crippen LogP contribution in [0.15, 0.2) is 24.3 Å². The molecule has 1 aromatic carbocycles. The Bertz CT molecular complexity index is 462. The lowest BCUT2D eigenvalue weighted by Gasteiger charge is -2.07. The normalized spacial score (nSPS) is 9.16. The second-order valence-electron chi connectivity index (χ2n) is 3.50. The van der Waals surface area contributed by atoms with Gasteiger partial charge in [0.05, 0.1) is 13.7 Å².